The van der Waals surface area contributed by atoms with Crippen LogP contribution in [0.3, 0.4) is 0 Å². The maximum absolute atomic E-state index is 13.8. The van der Waals surface area contributed by atoms with Crippen LogP contribution in [0.2, 0.25) is 0 Å². The number of aromatic amines is 1. The first-order valence-electron chi connectivity index (χ1n) is 14.2. The Bertz CT molecular complexity index is 1730. The lowest BCUT2D eigenvalue weighted by Gasteiger charge is -2.18. The zero-order valence-electron chi connectivity index (χ0n) is 27.2. The molecule has 13 nitrogen and oxygen atoms in total. The highest BCUT2D eigenvalue weighted by Crippen LogP contribution is 2.47. The van der Waals surface area contributed by atoms with Crippen LogP contribution in [0, 0.1) is 0 Å². The van der Waals surface area contributed by atoms with Gasteiger partial charge in [-0.05, 0) is 41.5 Å². The molecule has 47 heavy (non-hydrogen) atoms. The second-order valence-electron chi connectivity index (χ2n) is 9.83. The summed E-state index contributed by atoms with van der Waals surface area (Å²) in [7, 11) is 10.4. The van der Waals surface area contributed by atoms with Gasteiger partial charge in [0.05, 0.1) is 49.3 Å². The summed E-state index contributed by atoms with van der Waals surface area (Å²) in [4.78, 5) is 29.4. The van der Waals surface area contributed by atoms with Crippen molar-refractivity contribution in [2.24, 2.45) is 0 Å². The van der Waals surface area contributed by atoms with E-state index in [-0.39, 0.29) is 41.7 Å². The highest BCUT2D eigenvalue weighted by Gasteiger charge is 2.31. The molecule has 0 amide bonds. The number of carbonyl (C=O) groups is 2. The van der Waals surface area contributed by atoms with Crippen molar-refractivity contribution in [2.75, 3.05) is 63.2 Å². The van der Waals surface area contributed by atoms with Crippen molar-refractivity contribution >= 4 is 11.9 Å². The summed E-state index contributed by atoms with van der Waals surface area (Å²) in [6, 6.07) is 13.4. The molecule has 0 aliphatic carbocycles. The summed E-state index contributed by atoms with van der Waals surface area (Å²) in [5.74, 6) is 0.606. The molecule has 0 aliphatic heterocycles. The third-order valence-corrected chi connectivity index (χ3v) is 7.25. The molecule has 4 aromatic rings. The van der Waals surface area contributed by atoms with Crippen LogP contribution in [0.4, 0.5) is 0 Å². The SMILES string of the molecule is COCOc1cc(OC)c(OC)cc1-c1c(C(=O)OCCc2ccc(OC)c(OC)c2)[nH]c(C(=O)O)c1-c1ccc(OC)c(OC)c1. The smallest absolute Gasteiger partial charge is 0.355 e. The van der Waals surface area contributed by atoms with Gasteiger partial charge in [0.1, 0.15) is 17.1 Å². The van der Waals surface area contributed by atoms with Crippen molar-refractivity contribution in [3.63, 3.8) is 0 Å². The number of benzene rings is 3. The molecule has 0 aliphatic rings. The van der Waals surface area contributed by atoms with Gasteiger partial charge in [-0.3, -0.25) is 0 Å². The fraction of sp³-hybridized carbons (Fsp3) is 0.294. The maximum atomic E-state index is 13.8. The molecule has 13 heteroatoms. The first-order chi connectivity index (χ1) is 22.7. The summed E-state index contributed by atoms with van der Waals surface area (Å²) in [6.07, 6.45) is 0.342. The largest absolute Gasteiger partial charge is 0.493 e. The summed E-state index contributed by atoms with van der Waals surface area (Å²) < 4.78 is 49.4. The van der Waals surface area contributed by atoms with Gasteiger partial charge in [0.15, 0.2) is 41.3 Å². The van der Waals surface area contributed by atoms with E-state index in [1.807, 2.05) is 6.07 Å². The molecule has 4 rings (SSSR count). The van der Waals surface area contributed by atoms with E-state index in [9.17, 15) is 14.7 Å². The average Bonchev–Trinajstić information content (AvgIpc) is 3.50. The molecule has 0 spiro atoms. The van der Waals surface area contributed by atoms with Crippen molar-refractivity contribution in [3.05, 3.63) is 65.5 Å². The number of aromatic nitrogens is 1. The molecule has 1 aromatic heterocycles. The van der Waals surface area contributed by atoms with Crippen LogP contribution in [0.15, 0.2) is 48.5 Å². The molecule has 0 atom stereocenters. The minimum Gasteiger partial charge on any atom is -0.493 e. The Morgan fingerprint density at radius 1 is 0.638 bits per heavy atom. The van der Waals surface area contributed by atoms with Crippen LogP contribution >= 0.6 is 0 Å². The van der Waals surface area contributed by atoms with Crippen LogP contribution in [-0.4, -0.2) is 85.2 Å². The Morgan fingerprint density at radius 3 is 1.81 bits per heavy atom. The molecule has 0 radical (unpaired) electrons. The minimum absolute atomic E-state index is 0.0279. The van der Waals surface area contributed by atoms with E-state index in [0.717, 1.165) is 5.56 Å². The molecule has 0 bridgehead atoms. The predicted octanol–water partition coefficient (Wildman–Crippen LogP) is 5.48. The Morgan fingerprint density at radius 2 is 1.21 bits per heavy atom. The number of esters is 1. The molecule has 0 saturated carbocycles. The Kier molecular flexibility index (Phi) is 11.4. The van der Waals surface area contributed by atoms with E-state index < -0.39 is 11.9 Å². The van der Waals surface area contributed by atoms with Gasteiger partial charge in [0.2, 0.25) is 0 Å². The van der Waals surface area contributed by atoms with E-state index in [1.165, 1.54) is 42.7 Å². The van der Waals surface area contributed by atoms with Gasteiger partial charge in [0, 0.05) is 36.3 Å². The third kappa shape index (κ3) is 7.31. The number of ether oxygens (including phenoxy) is 9. The monoisotopic (exact) mass is 651 g/mol. The average molecular weight is 652 g/mol. The number of hydrogen-bond acceptors (Lipinski definition) is 11. The van der Waals surface area contributed by atoms with Gasteiger partial charge >= 0.3 is 11.9 Å². The predicted molar refractivity (Wildman–Crippen MR) is 171 cm³/mol. The molecule has 3 aromatic carbocycles. The molecule has 0 unspecified atom stereocenters. The van der Waals surface area contributed by atoms with Crippen molar-refractivity contribution in [1.29, 1.82) is 0 Å². The summed E-state index contributed by atoms with van der Waals surface area (Å²) in [5, 5.41) is 10.4. The lowest BCUT2D eigenvalue weighted by molar-refractivity contribution is 0.0503. The van der Waals surface area contributed by atoms with E-state index in [1.54, 1.807) is 49.6 Å². The van der Waals surface area contributed by atoms with Crippen molar-refractivity contribution in [3.8, 4) is 62.5 Å². The Hall–Kier alpha value is -5.56. The fourth-order valence-electron chi connectivity index (χ4n) is 5.03. The number of carboxylic acids is 1. The van der Waals surface area contributed by atoms with Gasteiger partial charge in [-0.1, -0.05) is 12.1 Å². The standard InChI is InChI=1S/C34H37NO12/c1-39-18-47-24-17-28(45-7)27(44-6)16-21(24)30-29(20-9-11-23(41-3)26(15-20)43-5)31(33(36)37)35-32(30)34(38)46-13-12-19-8-10-22(40-2)25(14-19)42-4/h8-11,14-17,35H,12-13,18H2,1-7H3,(H,36,37). The van der Waals surface area contributed by atoms with Crippen molar-refractivity contribution in [2.45, 2.75) is 6.42 Å². The first-order valence-corrected chi connectivity index (χ1v) is 14.2. The van der Waals surface area contributed by atoms with Gasteiger partial charge in [-0.15, -0.1) is 0 Å². The number of rotatable bonds is 16. The molecule has 250 valence electrons. The lowest BCUT2D eigenvalue weighted by Crippen LogP contribution is -2.11. The molecule has 0 fully saturated rings. The van der Waals surface area contributed by atoms with Crippen LogP contribution in [0.25, 0.3) is 22.3 Å². The molecular formula is C34H37NO12. The molecule has 0 saturated heterocycles. The van der Waals surface area contributed by atoms with E-state index in [0.29, 0.717) is 52.0 Å². The number of carbonyl (C=O) groups excluding carboxylic acids is 1. The fourth-order valence-corrected chi connectivity index (χ4v) is 5.03. The number of carboxylic acid groups (broad SMARTS) is 1. The van der Waals surface area contributed by atoms with Crippen molar-refractivity contribution in [1.82, 2.24) is 4.98 Å². The van der Waals surface area contributed by atoms with Gasteiger partial charge in [0.25, 0.3) is 0 Å². The number of H-pyrrole nitrogens is 1. The number of nitrogens with one attached hydrogen (secondary N) is 1. The molecule has 1 heterocycles. The highest BCUT2D eigenvalue weighted by molar-refractivity contribution is 6.09. The minimum atomic E-state index is -1.32. The summed E-state index contributed by atoms with van der Waals surface area (Å²) >= 11 is 0. The molecular weight excluding hydrogens is 614 g/mol. The van der Waals surface area contributed by atoms with Crippen LogP contribution in [-0.2, 0) is 15.9 Å². The number of aromatic carboxylic acids is 1. The van der Waals surface area contributed by atoms with Crippen LogP contribution < -0.4 is 33.2 Å². The van der Waals surface area contributed by atoms with E-state index in [2.05, 4.69) is 4.98 Å². The topological polar surface area (TPSA) is 153 Å². The normalized spacial score (nSPS) is 10.6. The number of hydrogen-bond donors (Lipinski definition) is 2. The second kappa shape index (κ2) is 15.6. The zero-order chi connectivity index (χ0) is 34.1. The zero-order valence-corrected chi connectivity index (χ0v) is 27.2. The second-order valence-corrected chi connectivity index (χ2v) is 9.83. The highest BCUT2D eigenvalue weighted by atomic mass is 16.7. The van der Waals surface area contributed by atoms with Crippen LogP contribution in [0.5, 0.6) is 40.2 Å². The summed E-state index contributed by atoms with van der Waals surface area (Å²) in [6.45, 7) is -0.185. The third-order valence-electron chi connectivity index (χ3n) is 7.25. The van der Waals surface area contributed by atoms with Gasteiger partial charge in [-0.2, -0.15) is 0 Å². The molecule has 2 N–H and O–H groups in total. The van der Waals surface area contributed by atoms with E-state index in [4.69, 9.17) is 42.6 Å². The van der Waals surface area contributed by atoms with Gasteiger partial charge in [-0.25, -0.2) is 9.59 Å². The summed E-state index contributed by atoms with van der Waals surface area (Å²) in [5.41, 5.74) is 1.48. The Labute approximate surface area is 271 Å². The van der Waals surface area contributed by atoms with Gasteiger partial charge < -0.3 is 52.7 Å². The van der Waals surface area contributed by atoms with E-state index >= 15 is 0 Å². The van der Waals surface area contributed by atoms with Crippen LogP contribution in [0.1, 0.15) is 26.5 Å². The number of methoxy groups -OCH3 is 7. The van der Waals surface area contributed by atoms with Crippen molar-refractivity contribution < 1.29 is 57.3 Å². The quantitative estimate of drug-likeness (QED) is 0.117. The Balaban J connectivity index is 1.90. The lowest BCUT2D eigenvalue weighted by atomic mass is 9.93. The maximum Gasteiger partial charge on any atom is 0.355 e. The first kappa shape index (κ1) is 34.3.